The fourth-order valence-corrected chi connectivity index (χ4v) is 1.87. The molecule has 0 heterocycles. The van der Waals surface area contributed by atoms with Crippen molar-refractivity contribution in [3.63, 3.8) is 0 Å². The van der Waals surface area contributed by atoms with E-state index in [-0.39, 0.29) is 79.9 Å². The topological polar surface area (TPSA) is 110 Å². The summed E-state index contributed by atoms with van der Waals surface area (Å²) in [6.07, 6.45) is -0.334. The van der Waals surface area contributed by atoms with E-state index in [0.29, 0.717) is 0 Å². The minimum atomic E-state index is -4.38. The van der Waals surface area contributed by atoms with Crippen LogP contribution in [-0.4, -0.2) is 83.2 Å². The second-order valence-corrected chi connectivity index (χ2v) is 5.19. The predicted octanol–water partition coefficient (Wildman–Crippen LogP) is 0.211. The summed E-state index contributed by atoms with van der Waals surface area (Å²) in [6.45, 7) is 1.26. The van der Waals surface area contributed by atoms with Gasteiger partial charge >= 0.3 is 51.4 Å². The maximum atomic E-state index is 11.5. The number of rotatable bonds is 5. The molecule has 0 aliphatic carbocycles. The number of methoxy groups -OCH3 is 1. The Labute approximate surface area is 159 Å². The Kier molecular flexibility index (Phi) is 8.10. The number of ether oxygens (including phenoxy) is 1. The average molecular weight is 327 g/mol. The molecule has 1 rings (SSSR count). The van der Waals surface area contributed by atoms with E-state index < -0.39 is 16.0 Å². The number of carbonyl (C=O) groups is 2. The zero-order chi connectivity index (χ0) is 14.6. The van der Waals surface area contributed by atoms with E-state index in [9.17, 15) is 18.0 Å². The van der Waals surface area contributed by atoms with Crippen molar-refractivity contribution < 1.29 is 27.3 Å². The molecular formula is C11H14KNO6S. The predicted molar refractivity (Wildman–Crippen MR) is 73.9 cm³/mol. The van der Waals surface area contributed by atoms with Gasteiger partial charge in [0.05, 0.1) is 24.1 Å². The van der Waals surface area contributed by atoms with Gasteiger partial charge in [-0.3, -0.25) is 14.1 Å². The fraction of sp³-hybridized carbons (Fsp3) is 0.273. The normalized spacial score (nSPS) is 10.3. The fourth-order valence-electron chi connectivity index (χ4n) is 1.37. The average Bonchev–Trinajstić information content (AvgIpc) is 2.26. The van der Waals surface area contributed by atoms with Crippen LogP contribution in [0.4, 0.5) is 5.69 Å². The number of amides is 1. The zero-order valence-electron chi connectivity index (χ0n) is 10.3. The Morgan fingerprint density at radius 3 is 2.40 bits per heavy atom. The molecule has 106 valence electrons. The van der Waals surface area contributed by atoms with Crippen molar-refractivity contribution in [1.29, 1.82) is 0 Å². The third-order valence-corrected chi connectivity index (χ3v) is 3.00. The zero-order valence-corrected chi connectivity index (χ0v) is 11.2. The van der Waals surface area contributed by atoms with Gasteiger partial charge in [0.15, 0.2) is 0 Å². The van der Waals surface area contributed by atoms with Crippen molar-refractivity contribution >= 4 is 78.9 Å². The molecule has 0 atom stereocenters. The molecular weight excluding hydrogens is 313 g/mol. The molecule has 7 nitrogen and oxygen atoms in total. The summed E-state index contributed by atoms with van der Waals surface area (Å²) in [7, 11) is -3.05. The first-order valence-corrected chi connectivity index (χ1v) is 6.63. The van der Waals surface area contributed by atoms with Gasteiger partial charge in [0, 0.05) is 0 Å². The van der Waals surface area contributed by atoms with Gasteiger partial charge in [-0.25, -0.2) is 0 Å². The van der Waals surface area contributed by atoms with Crippen molar-refractivity contribution in [2.45, 2.75) is 18.2 Å². The van der Waals surface area contributed by atoms with Crippen LogP contribution >= 0.6 is 0 Å². The van der Waals surface area contributed by atoms with Crippen molar-refractivity contribution in [3.05, 3.63) is 18.2 Å². The molecule has 0 saturated carbocycles. The third-order valence-electron chi connectivity index (χ3n) is 2.15. The van der Waals surface area contributed by atoms with Crippen molar-refractivity contribution in [1.82, 2.24) is 0 Å². The summed E-state index contributed by atoms with van der Waals surface area (Å²) in [5.74, 6) is -0.718. The summed E-state index contributed by atoms with van der Waals surface area (Å²) in [5.41, 5.74) is 0.0591. The summed E-state index contributed by atoms with van der Waals surface area (Å²) in [6, 6.07) is 3.47. The number of benzene rings is 1. The van der Waals surface area contributed by atoms with Gasteiger partial charge in [0.1, 0.15) is 11.5 Å². The molecule has 0 saturated heterocycles. The summed E-state index contributed by atoms with van der Waals surface area (Å²) in [4.78, 5) is 21.9. The maximum absolute atomic E-state index is 11.5. The first-order chi connectivity index (χ1) is 8.74. The first-order valence-electron chi connectivity index (χ1n) is 5.19. The van der Waals surface area contributed by atoms with Crippen LogP contribution in [0.3, 0.4) is 0 Å². The van der Waals surface area contributed by atoms with Gasteiger partial charge < -0.3 is 10.1 Å². The van der Waals surface area contributed by atoms with Crippen LogP contribution in [0.25, 0.3) is 0 Å². The van der Waals surface area contributed by atoms with Gasteiger partial charge in [-0.2, -0.15) is 8.42 Å². The minimum absolute atomic E-state index is 0. The van der Waals surface area contributed by atoms with Crippen LogP contribution < -0.4 is 10.1 Å². The van der Waals surface area contributed by atoms with Gasteiger partial charge in [0.25, 0.3) is 10.1 Å². The molecule has 1 aromatic carbocycles. The second-order valence-electron chi connectivity index (χ2n) is 3.76. The summed E-state index contributed by atoms with van der Waals surface area (Å²) in [5, 5.41) is 2.34. The molecule has 20 heavy (non-hydrogen) atoms. The first kappa shape index (κ1) is 19.7. The number of ketones is 1. The monoisotopic (exact) mass is 327 g/mol. The molecule has 0 aromatic heterocycles. The van der Waals surface area contributed by atoms with Crippen LogP contribution in [0.15, 0.2) is 23.1 Å². The van der Waals surface area contributed by atoms with E-state index in [1.165, 1.54) is 20.1 Å². The standard InChI is InChI=1S/C11H13NO6S.K.H/c1-7(13)5-11(14)12-9-6-8(19(15,16)17)3-4-10(9)18-2;;/h3-4,6H,5H2,1-2H3,(H,12,14)(H,15,16,17);;. The molecule has 0 bridgehead atoms. The van der Waals surface area contributed by atoms with Crippen LogP contribution in [0.5, 0.6) is 5.75 Å². The molecule has 1 aromatic rings. The van der Waals surface area contributed by atoms with Crippen LogP contribution in [-0.2, 0) is 19.7 Å². The molecule has 2 N–H and O–H groups in total. The summed E-state index contributed by atoms with van der Waals surface area (Å²) < 4.78 is 35.9. The van der Waals surface area contributed by atoms with E-state index in [1.54, 1.807) is 0 Å². The van der Waals surface area contributed by atoms with E-state index in [2.05, 4.69) is 5.32 Å². The second kappa shape index (κ2) is 8.22. The van der Waals surface area contributed by atoms with E-state index in [4.69, 9.17) is 9.29 Å². The number of Topliss-reactive ketones (excluding diaryl/α,β-unsaturated/α-hetero) is 1. The van der Waals surface area contributed by atoms with E-state index >= 15 is 0 Å². The van der Waals surface area contributed by atoms with Gasteiger partial charge in [-0.05, 0) is 25.1 Å². The SMILES string of the molecule is COc1ccc(S(=O)(=O)O)cc1NC(=O)CC(C)=O.[KH]. The molecule has 0 aliphatic heterocycles. The number of anilines is 1. The Balaban J connectivity index is 0.00000361. The quantitative estimate of drug-likeness (QED) is 0.454. The van der Waals surface area contributed by atoms with E-state index in [1.807, 2.05) is 0 Å². The van der Waals surface area contributed by atoms with Crippen molar-refractivity contribution in [2.75, 3.05) is 12.4 Å². The molecule has 9 heteroatoms. The molecule has 1 amide bonds. The number of hydrogen-bond donors (Lipinski definition) is 2. The van der Waals surface area contributed by atoms with Crippen LogP contribution in [0.1, 0.15) is 13.3 Å². The van der Waals surface area contributed by atoms with Crippen molar-refractivity contribution in [2.24, 2.45) is 0 Å². The van der Waals surface area contributed by atoms with Gasteiger partial charge in [0.2, 0.25) is 5.91 Å². The number of nitrogens with one attached hydrogen (secondary N) is 1. The Morgan fingerprint density at radius 1 is 1.35 bits per heavy atom. The van der Waals surface area contributed by atoms with Crippen LogP contribution in [0, 0.1) is 0 Å². The molecule has 0 unspecified atom stereocenters. The molecule has 0 fully saturated rings. The molecule has 0 radical (unpaired) electrons. The van der Waals surface area contributed by atoms with Gasteiger partial charge in [-0.1, -0.05) is 0 Å². The van der Waals surface area contributed by atoms with E-state index in [0.717, 1.165) is 12.1 Å². The molecule has 0 spiro atoms. The number of hydrogen-bond acceptors (Lipinski definition) is 5. The molecule has 0 aliphatic rings. The Bertz CT molecular complexity index is 613. The third kappa shape index (κ3) is 6.00. The Morgan fingerprint density at radius 2 is 1.95 bits per heavy atom. The van der Waals surface area contributed by atoms with Crippen molar-refractivity contribution in [3.8, 4) is 5.75 Å². The van der Waals surface area contributed by atoms with Gasteiger partial charge in [-0.15, -0.1) is 0 Å². The number of carbonyl (C=O) groups excluding carboxylic acids is 2. The van der Waals surface area contributed by atoms with Crippen LogP contribution in [0.2, 0.25) is 0 Å². The summed E-state index contributed by atoms with van der Waals surface area (Å²) >= 11 is 0. The Hall–Kier alpha value is -0.294.